The minimum Gasteiger partial charge on any atom is -0.493 e. The maximum absolute atomic E-state index is 12.1. The number of ether oxygens (including phenoxy) is 2. The maximum Gasteiger partial charge on any atom is 0.236 e. The van der Waals surface area contributed by atoms with E-state index in [0.717, 1.165) is 18.4 Å². The topological polar surface area (TPSA) is 73.6 Å². The molecule has 5 nitrogen and oxygen atoms in total. The fourth-order valence-corrected chi connectivity index (χ4v) is 3.39. The molecule has 3 N–H and O–H groups in total. The highest BCUT2D eigenvalue weighted by atomic mass is 16.5. The fraction of sp³-hybridized carbons (Fsp3) is 0.632. The summed E-state index contributed by atoms with van der Waals surface area (Å²) in [5.74, 6) is 1.99. The van der Waals surface area contributed by atoms with Gasteiger partial charge in [0.2, 0.25) is 5.91 Å². The van der Waals surface area contributed by atoms with E-state index in [9.17, 15) is 4.79 Å². The first-order chi connectivity index (χ1) is 11.6. The second kappa shape index (κ2) is 9.52. The monoisotopic (exact) mass is 334 g/mol. The molecule has 0 heterocycles. The van der Waals surface area contributed by atoms with Gasteiger partial charge in [-0.2, -0.15) is 0 Å². The van der Waals surface area contributed by atoms with Crippen LogP contribution in [0.5, 0.6) is 11.5 Å². The summed E-state index contributed by atoms with van der Waals surface area (Å²) in [5.41, 5.74) is 7.15. The van der Waals surface area contributed by atoms with E-state index in [1.807, 2.05) is 18.2 Å². The van der Waals surface area contributed by atoms with Crippen molar-refractivity contribution in [1.82, 2.24) is 5.32 Å². The lowest BCUT2D eigenvalue weighted by atomic mass is 9.85. The Labute approximate surface area is 144 Å². The van der Waals surface area contributed by atoms with Crippen LogP contribution in [0.2, 0.25) is 0 Å². The van der Waals surface area contributed by atoms with Crippen LogP contribution < -0.4 is 20.5 Å². The van der Waals surface area contributed by atoms with Gasteiger partial charge < -0.3 is 20.5 Å². The summed E-state index contributed by atoms with van der Waals surface area (Å²) in [6, 6.07) is 5.41. The predicted molar refractivity (Wildman–Crippen MR) is 95.4 cm³/mol. The van der Waals surface area contributed by atoms with Crippen molar-refractivity contribution in [3.8, 4) is 11.5 Å². The Kier molecular flexibility index (Phi) is 7.37. The van der Waals surface area contributed by atoms with Crippen LogP contribution in [-0.4, -0.2) is 32.7 Å². The minimum absolute atomic E-state index is 0.0407. The molecule has 1 unspecified atom stereocenters. The van der Waals surface area contributed by atoms with Gasteiger partial charge in [0.05, 0.1) is 20.3 Å². The van der Waals surface area contributed by atoms with E-state index in [0.29, 0.717) is 24.0 Å². The number of carbonyl (C=O) groups excluding carboxylic acids is 1. The van der Waals surface area contributed by atoms with Crippen molar-refractivity contribution in [2.75, 3.05) is 20.8 Å². The summed E-state index contributed by atoms with van der Waals surface area (Å²) in [4.78, 5) is 12.1. The van der Waals surface area contributed by atoms with Gasteiger partial charge in [-0.3, -0.25) is 4.79 Å². The van der Waals surface area contributed by atoms with Gasteiger partial charge in [0.15, 0.2) is 11.5 Å². The van der Waals surface area contributed by atoms with E-state index in [-0.39, 0.29) is 5.91 Å². The molecule has 1 aromatic carbocycles. The van der Waals surface area contributed by atoms with Crippen molar-refractivity contribution >= 4 is 5.91 Å². The van der Waals surface area contributed by atoms with Gasteiger partial charge in [-0.15, -0.1) is 0 Å². The molecule has 0 aromatic heterocycles. The van der Waals surface area contributed by atoms with E-state index >= 15 is 0 Å². The third-order valence-electron chi connectivity index (χ3n) is 4.81. The van der Waals surface area contributed by atoms with Crippen LogP contribution >= 0.6 is 0 Å². The average Bonchev–Trinajstić information content (AvgIpc) is 2.62. The van der Waals surface area contributed by atoms with E-state index in [1.54, 1.807) is 14.2 Å². The molecule has 5 heteroatoms. The molecule has 0 aliphatic heterocycles. The van der Waals surface area contributed by atoms with E-state index in [4.69, 9.17) is 15.2 Å². The first-order valence-electron chi connectivity index (χ1n) is 8.88. The van der Waals surface area contributed by atoms with Gasteiger partial charge in [0.25, 0.3) is 0 Å². The lowest BCUT2D eigenvalue weighted by Crippen LogP contribution is -2.42. The summed E-state index contributed by atoms with van der Waals surface area (Å²) in [6.45, 7) is 0.576. The molecule has 1 saturated carbocycles. The molecule has 24 heavy (non-hydrogen) atoms. The molecule has 0 saturated heterocycles. The van der Waals surface area contributed by atoms with Crippen LogP contribution in [0.4, 0.5) is 0 Å². The quantitative estimate of drug-likeness (QED) is 0.766. The number of hydrogen-bond donors (Lipinski definition) is 2. The molecule has 1 amide bonds. The largest absolute Gasteiger partial charge is 0.493 e. The van der Waals surface area contributed by atoms with Crippen molar-refractivity contribution < 1.29 is 14.3 Å². The van der Waals surface area contributed by atoms with Crippen LogP contribution in [0.25, 0.3) is 0 Å². The second-order valence-electron chi connectivity index (χ2n) is 6.58. The Morgan fingerprint density at radius 3 is 2.58 bits per heavy atom. The predicted octanol–water partition coefficient (Wildman–Crippen LogP) is 2.66. The van der Waals surface area contributed by atoms with Crippen molar-refractivity contribution in [3.63, 3.8) is 0 Å². The zero-order valence-corrected chi connectivity index (χ0v) is 14.8. The van der Waals surface area contributed by atoms with E-state index in [1.165, 1.54) is 32.1 Å². The molecule has 1 aliphatic rings. The Morgan fingerprint density at radius 1 is 1.21 bits per heavy atom. The summed E-state index contributed by atoms with van der Waals surface area (Å²) >= 11 is 0. The molecule has 1 aromatic rings. The molecule has 0 spiro atoms. The maximum atomic E-state index is 12.1. The van der Waals surface area contributed by atoms with Crippen LogP contribution in [0.1, 0.15) is 44.1 Å². The van der Waals surface area contributed by atoms with Crippen LogP contribution in [0.15, 0.2) is 18.2 Å². The lowest BCUT2D eigenvalue weighted by molar-refractivity contribution is -0.122. The average molecular weight is 334 g/mol. The highest BCUT2D eigenvalue weighted by molar-refractivity contribution is 5.81. The first kappa shape index (κ1) is 18.6. The molecule has 1 fully saturated rings. The van der Waals surface area contributed by atoms with Crippen molar-refractivity contribution in [3.05, 3.63) is 23.8 Å². The molecule has 0 radical (unpaired) electrons. The number of rotatable bonds is 8. The number of nitrogens with two attached hydrogens (primary N) is 1. The van der Waals surface area contributed by atoms with Gasteiger partial charge in [0.1, 0.15) is 0 Å². The zero-order chi connectivity index (χ0) is 17.4. The van der Waals surface area contributed by atoms with Gasteiger partial charge in [0, 0.05) is 6.54 Å². The number of carbonyl (C=O) groups is 1. The third-order valence-corrected chi connectivity index (χ3v) is 4.81. The second-order valence-corrected chi connectivity index (χ2v) is 6.58. The molecule has 0 bridgehead atoms. The van der Waals surface area contributed by atoms with Crippen molar-refractivity contribution in [2.24, 2.45) is 11.7 Å². The normalized spacial score (nSPS) is 16.5. The zero-order valence-electron chi connectivity index (χ0n) is 14.8. The van der Waals surface area contributed by atoms with Crippen LogP contribution in [0.3, 0.4) is 0 Å². The van der Waals surface area contributed by atoms with Gasteiger partial charge >= 0.3 is 0 Å². The van der Waals surface area contributed by atoms with Crippen LogP contribution in [-0.2, 0) is 11.2 Å². The van der Waals surface area contributed by atoms with Crippen LogP contribution in [0, 0.1) is 5.92 Å². The Bertz CT molecular complexity index is 527. The lowest BCUT2D eigenvalue weighted by Gasteiger charge is -2.24. The van der Waals surface area contributed by atoms with Gasteiger partial charge in [-0.25, -0.2) is 0 Å². The first-order valence-corrected chi connectivity index (χ1v) is 8.88. The fourth-order valence-electron chi connectivity index (χ4n) is 3.39. The number of hydrogen-bond acceptors (Lipinski definition) is 4. The highest BCUT2D eigenvalue weighted by Crippen LogP contribution is 2.28. The molecular weight excluding hydrogens is 304 g/mol. The summed E-state index contributed by atoms with van der Waals surface area (Å²) in [5, 5.41) is 2.95. The Morgan fingerprint density at radius 2 is 1.92 bits per heavy atom. The number of benzene rings is 1. The number of methoxy groups -OCH3 is 2. The summed E-state index contributed by atoms with van der Waals surface area (Å²) < 4.78 is 10.5. The molecule has 1 aliphatic carbocycles. The van der Waals surface area contributed by atoms with Crippen molar-refractivity contribution in [1.29, 1.82) is 0 Å². The smallest absolute Gasteiger partial charge is 0.236 e. The third kappa shape index (κ3) is 5.41. The van der Waals surface area contributed by atoms with Crippen molar-refractivity contribution in [2.45, 2.75) is 51.0 Å². The molecule has 2 rings (SSSR count). The molecular formula is C19H30N2O3. The van der Waals surface area contributed by atoms with E-state index in [2.05, 4.69) is 5.32 Å². The standard InChI is InChI=1S/C19H30N2O3/c1-23-17-9-8-15(13-18(17)24-2)10-11-21-19(22)16(20)12-14-6-4-3-5-7-14/h8-9,13-14,16H,3-7,10-12,20H2,1-2H3,(H,21,22). The Hall–Kier alpha value is -1.75. The summed E-state index contributed by atoms with van der Waals surface area (Å²) in [6.07, 6.45) is 7.85. The molecule has 134 valence electrons. The van der Waals surface area contributed by atoms with Gasteiger partial charge in [-0.05, 0) is 36.5 Å². The number of nitrogens with one attached hydrogen (secondary N) is 1. The number of amides is 1. The highest BCUT2D eigenvalue weighted by Gasteiger charge is 2.20. The minimum atomic E-state index is -0.390. The van der Waals surface area contributed by atoms with Gasteiger partial charge in [-0.1, -0.05) is 38.2 Å². The summed E-state index contributed by atoms with van der Waals surface area (Å²) in [7, 11) is 3.24. The van der Waals surface area contributed by atoms with E-state index < -0.39 is 6.04 Å². The Balaban J connectivity index is 1.75. The molecule has 1 atom stereocenters. The SMILES string of the molecule is COc1ccc(CCNC(=O)C(N)CC2CCCCC2)cc1OC.